The third-order valence-corrected chi connectivity index (χ3v) is 4.31. The maximum atomic E-state index is 6.22. The lowest BCUT2D eigenvalue weighted by molar-refractivity contribution is 0.890. The molecule has 16 heavy (non-hydrogen) atoms. The highest BCUT2D eigenvalue weighted by Crippen LogP contribution is 2.38. The van der Waals surface area contributed by atoms with Crippen molar-refractivity contribution in [2.75, 3.05) is 0 Å². The summed E-state index contributed by atoms with van der Waals surface area (Å²) >= 11 is 7.98. The second-order valence-corrected chi connectivity index (χ2v) is 5.72. The van der Waals surface area contributed by atoms with Gasteiger partial charge < -0.3 is 0 Å². The maximum Gasteiger partial charge on any atom is 0.0554 e. The average Bonchev–Trinajstić information content (AvgIpc) is 2.60. The van der Waals surface area contributed by atoms with E-state index in [1.165, 1.54) is 15.3 Å². The molecule has 0 aromatic carbocycles. The van der Waals surface area contributed by atoms with Crippen LogP contribution in [0.15, 0.2) is 24.5 Å². The SMILES string of the molecule is Cc1cncc(-c2cc(Cl)c(C(C)C)s2)c1. The Morgan fingerprint density at radius 2 is 2.00 bits per heavy atom. The number of halogens is 1. The molecule has 2 aromatic rings. The summed E-state index contributed by atoms with van der Waals surface area (Å²) in [6.45, 7) is 6.38. The molecule has 2 heterocycles. The van der Waals surface area contributed by atoms with Crippen molar-refractivity contribution >= 4 is 22.9 Å². The molecule has 0 aliphatic rings. The summed E-state index contributed by atoms with van der Waals surface area (Å²) in [6.07, 6.45) is 3.75. The molecule has 0 aliphatic heterocycles. The molecule has 0 N–H and O–H groups in total. The van der Waals surface area contributed by atoms with Gasteiger partial charge in [0.15, 0.2) is 0 Å². The van der Waals surface area contributed by atoms with Gasteiger partial charge in [-0.1, -0.05) is 25.4 Å². The summed E-state index contributed by atoms with van der Waals surface area (Å²) in [7, 11) is 0. The molecule has 0 spiro atoms. The van der Waals surface area contributed by atoms with E-state index in [1.54, 1.807) is 11.3 Å². The number of rotatable bonds is 2. The van der Waals surface area contributed by atoms with Gasteiger partial charge in [0.1, 0.15) is 0 Å². The van der Waals surface area contributed by atoms with E-state index in [0.717, 1.165) is 10.6 Å². The normalized spacial score (nSPS) is 11.1. The minimum Gasteiger partial charge on any atom is -0.264 e. The average molecular weight is 252 g/mol. The zero-order valence-corrected chi connectivity index (χ0v) is 11.2. The summed E-state index contributed by atoms with van der Waals surface area (Å²) in [4.78, 5) is 6.66. The van der Waals surface area contributed by atoms with E-state index in [0.29, 0.717) is 5.92 Å². The summed E-state index contributed by atoms with van der Waals surface area (Å²) in [5, 5.41) is 0.872. The van der Waals surface area contributed by atoms with Crippen molar-refractivity contribution in [3.63, 3.8) is 0 Å². The second kappa shape index (κ2) is 4.56. The predicted octanol–water partition coefficient (Wildman–Crippen LogP) is 4.90. The third-order valence-electron chi connectivity index (χ3n) is 2.40. The van der Waals surface area contributed by atoms with E-state index >= 15 is 0 Å². The lowest BCUT2D eigenvalue weighted by atomic mass is 10.1. The third kappa shape index (κ3) is 2.28. The number of aromatic nitrogens is 1. The molecule has 2 aromatic heterocycles. The van der Waals surface area contributed by atoms with E-state index < -0.39 is 0 Å². The molecule has 0 fully saturated rings. The first-order chi connectivity index (χ1) is 7.58. The first-order valence-electron chi connectivity index (χ1n) is 5.29. The van der Waals surface area contributed by atoms with E-state index in [9.17, 15) is 0 Å². The summed E-state index contributed by atoms with van der Waals surface area (Å²) in [5.74, 6) is 0.476. The van der Waals surface area contributed by atoms with Crippen LogP contribution < -0.4 is 0 Å². The molecule has 0 aliphatic carbocycles. The van der Waals surface area contributed by atoms with E-state index in [4.69, 9.17) is 11.6 Å². The zero-order valence-electron chi connectivity index (χ0n) is 9.62. The zero-order chi connectivity index (χ0) is 11.7. The molecule has 3 heteroatoms. The van der Waals surface area contributed by atoms with Gasteiger partial charge in [-0.2, -0.15) is 0 Å². The van der Waals surface area contributed by atoms with Gasteiger partial charge >= 0.3 is 0 Å². The van der Waals surface area contributed by atoms with Crippen molar-refractivity contribution in [3.05, 3.63) is 40.0 Å². The van der Waals surface area contributed by atoms with Gasteiger partial charge in [-0.25, -0.2) is 0 Å². The van der Waals surface area contributed by atoms with Crippen molar-refractivity contribution < 1.29 is 0 Å². The Bertz CT molecular complexity index is 502. The molecule has 0 saturated heterocycles. The molecule has 1 nitrogen and oxygen atoms in total. The van der Waals surface area contributed by atoms with Gasteiger partial charge in [0, 0.05) is 27.7 Å². The lowest BCUT2D eigenvalue weighted by Gasteiger charge is -2.00. The summed E-state index contributed by atoms with van der Waals surface area (Å²) in [6, 6.07) is 4.18. The number of hydrogen-bond donors (Lipinski definition) is 0. The Labute approximate surface area is 105 Å². The standard InChI is InChI=1S/C13H14ClNS/c1-8(2)13-11(14)5-12(16-13)10-4-9(3)6-15-7-10/h4-8H,1-3H3. The minimum absolute atomic E-state index is 0.476. The molecular weight excluding hydrogens is 238 g/mol. The number of hydrogen-bond acceptors (Lipinski definition) is 2. The van der Waals surface area contributed by atoms with Crippen molar-refractivity contribution in [2.45, 2.75) is 26.7 Å². The Morgan fingerprint density at radius 1 is 1.25 bits per heavy atom. The summed E-state index contributed by atoms with van der Waals surface area (Å²) in [5.41, 5.74) is 2.33. The number of nitrogens with zero attached hydrogens (tertiary/aromatic N) is 1. The Kier molecular flexibility index (Phi) is 3.31. The number of thiophene rings is 1. The highest BCUT2D eigenvalue weighted by Gasteiger charge is 2.11. The van der Waals surface area contributed by atoms with E-state index in [-0.39, 0.29) is 0 Å². The monoisotopic (exact) mass is 251 g/mol. The van der Waals surface area contributed by atoms with Crippen molar-refractivity contribution in [2.24, 2.45) is 0 Å². The van der Waals surface area contributed by atoms with Crippen LogP contribution in [-0.4, -0.2) is 4.98 Å². The van der Waals surface area contributed by atoms with Gasteiger partial charge in [-0.05, 0) is 30.5 Å². The molecule has 0 saturated carbocycles. The number of pyridine rings is 1. The Hall–Kier alpha value is -0.860. The summed E-state index contributed by atoms with van der Waals surface area (Å²) < 4.78 is 0. The molecule has 0 amide bonds. The highest BCUT2D eigenvalue weighted by atomic mass is 35.5. The Balaban J connectivity index is 2.45. The molecule has 0 atom stereocenters. The minimum atomic E-state index is 0.476. The van der Waals surface area contributed by atoms with E-state index in [2.05, 4.69) is 31.8 Å². The van der Waals surface area contributed by atoms with Crippen LogP contribution in [0.4, 0.5) is 0 Å². The molecule has 0 radical (unpaired) electrons. The second-order valence-electron chi connectivity index (χ2n) is 4.23. The van der Waals surface area contributed by atoms with Crippen LogP contribution in [0.25, 0.3) is 10.4 Å². The van der Waals surface area contributed by atoms with Crippen LogP contribution in [0.2, 0.25) is 5.02 Å². The maximum absolute atomic E-state index is 6.22. The first kappa shape index (κ1) is 11.6. The molecule has 0 unspecified atom stereocenters. The molecular formula is C13H14ClNS. The topological polar surface area (TPSA) is 12.9 Å². The van der Waals surface area contributed by atoms with Crippen LogP contribution >= 0.6 is 22.9 Å². The first-order valence-corrected chi connectivity index (χ1v) is 6.48. The number of aryl methyl sites for hydroxylation is 1. The van der Waals surface area contributed by atoms with Gasteiger partial charge in [-0.15, -0.1) is 11.3 Å². The van der Waals surface area contributed by atoms with Crippen LogP contribution in [0.1, 0.15) is 30.2 Å². The fourth-order valence-corrected chi connectivity index (χ4v) is 3.15. The predicted molar refractivity (Wildman–Crippen MR) is 71.4 cm³/mol. The van der Waals surface area contributed by atoms with Crippen LogP contribution in [-0.2, 0) is 0 Å². The van der Waals surface area contributed by atoms with Crippen LogP contribution in [0.5, 0.6) is 0 Å². The quantitative estimate of drug-likeness (QED) is 0.740. The van der Waals surface area contributed by atoms with Crippen LogP contribution in [0.3, 0.4) is 0 Å². The highest BCUT2D eigenvalue weighted by molar-refractivity contribution is 7.16. The van der Waals surface area contributed by atoms with Gasteiger partial charge in [-0.3, -0.25) is 4.98 Å². The van der Waals surface area contributed by atoms with Crippen LogP contribution in [0, 0.1) is 6.92 Å². The fraction of sp³-hybridized carbons (Fsp3) is 0.308. The lowest BCUT2D eigenvalue weighted by Crippen LogP contribution is -1.80. The van der Waals surface area contributed by atoms with Gasteiger partial charge in [0.05, 0.1) is 5.02 Å². The smallest absolute Gasteiger partial charge is 0.0554 e. The fourth-order valence-electron chi connectivity index (χ4n) is 1.61. The largest absolute Gasteiger partial charge is 0.264 e. The molecule has 84 valence electrons. The molecule has 0 bridgehead atoms. The van der Waals surface area contributed by atoms with E-state index in [1.807, 2.05) is 18.5 Å². The van der Waals surface area contributed by atoms with Gasteiger partial charge in [0.25, 0.3) is 0 Å². The van der Waals surface area contributed by atoms with Crippen molar-refractivity contribution in [1.29, 1.82) is 0 Å². The Morgan fingerprint density at radius 3 is 2.56 bits per heavy atom. The van der Waals surface area contributed by atoms with Crippen molar-refractivity contribution in [3.8, 4) is 10.4 Å². The van der Waals surface area contributed by atoms with Crippen molar-refractivity contribution in [1.82, 2.24) is 4.98 Å². The van der Waals surface area contributed by atoms with Gasteiger partial charge in [0.2, 0.25) is 0 Å². The molecule has 2 rings (SSSR count).